The van der Waals surface area contributed by atoms with Crippen LogP contribution in [-0.2, 0) is 14.3 Å². The van der Waals surface area contributed by atoms with Crippen molar-refractivity contribution in [2.75, 3.05) is 13.2 Å². The maximum absolute atomic E-state index is 13.0. The number of hydrogen-bond donors (Lipinski definition) is 6. The van der Waals surface area contributed by atoms with Gasteiger partial charge < -0.3 is 40.3 Å². The van der Waals surface area contributed by atoms with Gasteiger partial charge in [-0.2, -0.15) is 0 Å². The molecule has 6 N–H and O–H groups in total. The van der Waals surface area contributed by atoms with Gasteiger partial charge in [-0.15, -0.1) is 0 Å². The first-order valence-electron chi connectivity index (χ1n) is 28.4. The Bertz CT molecular complexity index is 1190. The van der Waals surface area contributed by atoms with Crippen molar-refractivity contribution >= 4 is 5.91 Å². The standard InChI is InChI=1S/C58H107NO8/c1-3-5-7-9-11-13-15-17-19-21-23-24-25-26-27-28-29-30-31-33-35-37-39-41-43-45-47-52(61)51(50-66-58-57(65)56(64)55(63)53(49-60)67-58)59-54(62)48-46-44-42-40-38-36-34-32-22-20-18-16-14-12-10-8-6-4-2/h14,16,20,22,37,39,45,47,51-53,55-58,60-61,63-65H,3-13,15,17-19,21,23-36,38,40-44,46,48-50H2,1-2H3,(H,59,62)/b16-14-,22-20-,39-37+,47-45+. The number of allylic oxidation sites excluding steroid dienone is 7. The van der Waals surface area contributed by atoms with Crippen LogP contribution in [0.25, 0.3) is 0 Å². The molecule has 1 fully saturated rings. The molecule has 392 valence electrons. The van der Waals surface area contributed by atoms with E-state index >= 15 is 0 Å². The fourth-order valence-electron chi connectivity index (χ4n) is 8.85. The molecule has 9 heteroatoms. The highest BCUT2D eigenvalue weighted by molar-refractivity contribution is 5.76. The molecule has 9 nitrogen and oxygen atoms in total. The van der Waals surface area contributed by atoms with Gasteiger partial charge in [-0.25, -0.2) is 0 Å². The summed E-state index contributed by atoms with van der Waals surface area (Å²) in [7, 11) is 0. The molecule has 1 aliphatic heterocycles. The third-order valence-electron chi connectivity index (χ3n) is 13.4. The largest absolute Gasteiger partial charge is 0.394 e. The molecular formula is C58H107NO8. The van der Waals surface area contributed by atoms with Gasteiger partial charge >= 0.3 is 0 Å². The predicted molar refractivity (Wildman–Crippen MR) is 281 cm³/mol. The van der Waals surface area contributed by atoms with E-state index in [-0.39, 0.29) is 12.5 Å². The lowest BCUT2D eigenvalue weighted by molar-refractivity contribution is -0.302. The number of aliphatic hydroxyl groups is 5. The molecule has 0 radical (unpaired) electrons. The Morgan fingerprint density at radius 2 is 0.896 bits per heavy atom. The molecule has 0 aromatic rings. The first kappa shape index (κ1) is 63.2. The van der Waals surface area contributed by atoms with Crippen LogP contribution in [0.1, 0.15) is 258 Å². The van der Waals surface area contributed by atoms with Crippen LogP contribution in [-0.4, -0.2) is 87.5 Å². The number of ether oxygens (including phenoxy) is 2. The monoisotopic (exact) mass is 946 g/mol. The van der Waals surface area contributed by atoms with Crippen LogP contribution in [0.2, 0.25) is 0 Å². The van der Waals surface area contributed by atoms with Crippen molar-refractivity contribution in [2.24, 2.45) is 0 Å². The topological polar surface area (TPSA) is 149 Å². The minimum absolute atomic E-state index is 0.194. The Kier molecular flexibility index (Phi) is 45.1. The van der Waals surface area contributed by atoms with E-state index < -0.39 is 49.5 Å². The average molecular weight is 946 g/mol. The van der Waals surface area contributed by atoms with E-state index in [2.05, 4.69) is 55.6 Å². The van der Waals surface area contributed by atoms with Gasteiger partial charge in [0.1, 0.15) is 24.4 Å². The fraction of sp³-hybridized carbons (Fsp3) is 0.845. The molecule has 7 atom stereocenters. The number of carbonyl (C=O) groups excluding carboxylic acids is 1. The summed E-state index contributed by atoms with van der Waals surface area (Å²) < 4.78 is 11.2. The van der Waals surface area contributed by atoms with Crippen molar-refractivity contribution in [1.82, 2.24) is 5.32 Å². The van der Waals surface area contributed by atoms with Crippen molar-refractivity contribution in [2.45, 2.75) is 301 Å². The van der Waals surface area contributed by atoms with Crippen LogP contribution in [0.4, 0.5) is 0 Å². The SMILES string of the molecule is CCCCCC/C=C\C/C=C\CCCCCCCCCC(=O)NC(COC1OC(CO)C(O)C(O)C1O)C(O)/C=C/CC/C=C/CCCCCCCCCCCCCCCCCCCCCC. The fourth-order valence-corrected chi connectivity index (χ4v) is 8.85. The van der Waals surface area contributed by atoms with Gasteiger partial charge in [-0.3, -0.25) is 4.79 Å². The average Bonchev–Trinajstić information content (AvgIpc) is 3.33. The minimum Gasteiger partial charge on any atom is -0.394 e. The third kappa shape index (κ3) is 37.6. The smallest absolute Gasteiger partial charge is 0.220 e. The zero-order valence-electron chi connectivity index (χ0n) is 43.4. The molecular weight excluding hydrogens is 839 g/mol. The lowest BCUT2D eigenvalue weighted by atomic mass is 9.99. The number of amides is 1. The van der Waals surface area contributed by atoms with Crippen molar-refractivity contribution < 1.29 is 39.8 Å². The Balaban J connectivity index is 2.26. The van der Waals surface area contributed by atoms with E-state index in [4.69, 9.17) is 9.47 Å². The summed E-state index contributed by atoms with van der Waals surface area (Å²) in [5, 5.41) is 54.4. The van der Waals surface area contributed by atoms with Crippen molar-refractivity contribution in [3.05, 3.63) is 48.6 Å². The molecule has 0 spiro atoms. The molecule has 1 heterocycles. The maximum atomic E-state index is 13.0. The van der Waals surface area contributed by atoms with Crippen molar-refractivity contribution in [3.63, 3.8) is 0 Å². The highest BCUT2D eigenvalue weighted by Gasteiger charge is 2.44. The van der Waals surface area contributed by atoms with E-state index in [0.29, 0.717) is 6.42 Å². The molecule has 0 aromatic heterocycles. The van der Waals surface area contributed by atoms with Gasteiger partial charge in [0.2, 0.25) is 5.91 Å². The van der Waals surface area contributed by atoms with Crippen LogP contribution in [0, 0.1) is 0 Å². The first-order valence-corrected chi connectivity index (χ1v) is 28.4. The summed E-state index contributed by atoms with van der Waals surface area (Å²) in [6, 6.07) is -0.827. The van der Waals surface area contributed by atoms with Crippen LogP contribution in [0.3, 0.4) is 0 Å². The van der Waals surface area contributed by atoms with Crippen LogP contribution < -0.4 is 5.32 Å². The van der Waals surface area contributed by atoms with Gasteiger partial charge in [0.05, 0.1) is 25.4 Å². The first-order chi connectivity index (χ1) is 32.8. The van der Waals surface area contributed by atoms with E-state index in [1.807, 2.05) is 6.08 Å². The summed E-state index contributed by atoms with van der Waals surface area (Å²) in [5.74, 6) is -0.194. The Hall–Kier alpha value is -1.85. The second-order valence-electron chi connectivity index (χ2n) is 19.7. The number of hydrogen-bond acceptors (Lipinski definition) is 8. The summed E-state index contributed by atoms with van der Waals surface area (Å²) >= 11 is 0. The summed E-state index contributed by atoms with van der Waals surface area (Å²) in [6.45, 7) is 3.76. The number of unbranched alkanes of at least 4 members (excludes halogenated alkanes) is 32. The van der Waals surface area contributed by atoms with Crippen LogP contribution in [0.5, 0.6) is 0 Å². The Labute approximate surface area is 412 Å². The molecule has 1 aliphatic rings. The molecule has 0 aliphatic carbocycles. The number of carbonyl (C=O) groups is 1. The van der Waals surface area contributed by atoms with Crippen LogP contribution >= 0.6 is 0 Å². The van der Waals surface area contributed by atoms with Gasteiger partial charge in [-0.1, -0.05) is 236 Å². The van der Waals surface area contributed by atoms with Crippen molar-refractivity contribution in [1.29, 1.82) is 0 Å². The summed E-state index contributed by atoms with van der Waals surface area (Å²) in [5.41, 5.74) is 0. The summed E-state index contributed by atoms with van der Waals surface area (Å²) in [6.07, 6.45) is 56.0. The molecule has 7 unspecified atom stereocenters. The van der Waals surface area contributed by atoms with Gasteiger partial charge in [0.25, 0.3) is 0 Å². The maximum Gasteiger partial charge on any atom is 0.220 e. The van der Waals surface area contributed by atoms with Gasteiger partial charge in [0, 0.05) is 6.42 Å². The van der Waals surface area contributed by atoms with E-state index in [9.17, 15) is 30.3 Å². The van der Waals surface area contributed by atoms with Gasteiger partial charge in [-0.05, 0) is 64.2 Å². The highest BCUT2D eigenvalue weighted by Crippen LogP contribution is 2.23. The molecule has 67 heavy (non-hydrogen) atoms. The Morgan fingerprint density at radius 1 is 0.507 bits per heavy atom. The highest BCUT2D eigenvalue weighted by atomic mass is 16.7. The Morgan fingerprint density at radius 3 is 1.36 bits per heavy atom. The quantitative estimate of drug-likeness (QED) is 0.0261. The zero-order valence-corrected chi connectivity index (χ0v) is 43.4. The third-order valence-corrected chi connectivity index (χ3v) is 13.4. The molecule has 1 rings (SSSR count). The lowest BCUT2D eigenvalue weighted by Gasteiger charge is -2.40. The molecule has 0 saturated carbocycles. The summed E-state index contributed by atoms with van der Waals surface area (Å²) in [4.78, 5) is 13.0. The number of nitrogens with one attached hydrogen (secondary N) is 1. The van der Waals surface area contributed by atoms with E-state index in [1.165, 1.54) is 180 Å². The second-order valence-corrected chi connectivity index (χ2v) is 19.7. The normalized spacial score (nSPS) is 20.0. The van der Waals surface area contributed by atoms with Gasteiger partial charge in [0.15, 0.2) is 6.29 Å². The molecule has 0 aromatic carbocycles. The second kappa shape index (κ2) is 47.8. The molecule has 1 amide bonds. The van der Waals surface area contributed by atoms with Crippen molar-refractivity contribution in [3.8, 4) is 0 Å². The zero-order chi connectivity index (χ0) is 48.7. The molecule has 1 saturated heterocycles. The minimum atomic E-state index is -1.57. The molecule has 0 bridgehead atoms. The van der Waals surface area contributed by atoms with E-state index in [1.54, 1.807) is 6.08 Å². The lowest BCUT2D eigenvalue weighted by Crippen LogP contribution is -2.60. The number of aliphatic hydroxyl groups excluding tert-OH is 5. The number of rotatable bonds is 48. The van der Waals surface area contributed by atoms with Crippen LogP contribution in [0.15, 0.2) is 48.6 Å². The predicted octanol–water partition coefficient (Wildman–Crippen LogP) is 13.7. The van der Waals surface area contributed by atoms with E-state index in [0.717, 1.165) is 57.8 Å².